The van der Waals surface area contributed by atoms with Gasteiger partial charge in [-0.2, -0.15) is 0 Å². The van der Waals surface area contributed by atoms with Crippen molar-refractivity contribution in [3.8, 4) is 0 Å². The topological polar surface area (TPSA) is 71.1 Å². The molecule has 0 aromatic heterocycles. The van der Waals surface area contributed by atoms with Gasteiger partial charge in [-0.15, -0.1) is 0 Å². The van der Waals surface area contributed by atoms with E-state index in [1.165, 1.54) is 44.9 Å². The predicted molar refractivity (Wildman–Crippen MR) is 121 cm³/mol. The lowest BCUT2D eigenvalue weighted by molar-refractivity contribution is -0.150. The Morgan fingerprint density at radius 2 is 1.00 bits per heavy atom. The highest BCUT2D eigenvalue weighted by atomic mass is 16.7. The van der Waals surface area contributed by atoms with Crippen LogP contribution in [0.2, 0.25) is 0 Å². The van der Waals surface area contributed by atoms with Gasteiger partial charge in [0.1, 0.15) is 0 Å². The van der Waals surface area contributed by atoms with Crippen molar-refractivity contribution in [1.82, 2.24) is 0 Å². The zero-order chi connectivity index (χ0) is 22.9. The molecule has 0 saturated heterocycles. The Morgan fingerprint density at radius 3 is 1.40 bits per heavy atom. The maximum Gasteiger partial charge on any atom is 0.306 e. The summed E-state index contributed by atoms with van der Waals surface area (Å²) in [5.41, 5.74) is 0. The molecule has 180 valence electrons. The summed E-state index contributed by atoms with van der Waals surface area (Å²) in [6, 6.07) is 0. The number of rotatable bonds is 19. The Bertz CT molecular complexity index is 347. The van der Waals surface area contributed by atoms with Gasteiger partial charge in [0.2, 0.25) is 0 Å². The molecule has 30 heavy (non-hydrogen) atoms. The standard InChI is InChI=1S/C12H22O4.C12H26O2/c1-3-5-9-15-11(13)7-8-12(14)16-10-6-4-2;1-4-5-6-7-8-9-10-11-12(13-2)14-3/h3-10H2,1-2H3;12H,4-11H2,1-3H3. The number of hydrogen-bond donors (Lipinski definition) is 0. The van der Waals surface area contributed by atoms with E-state index < -0.39 is 0 Å². The van der Waals surface area contributed by atoms with Crippen LogP contribution < -0.4 is 0 Å². The van der Waals surface area contributed by atoms with Crippen LogP contribution in [-0.4, -0.2) is 45.7 Å². The van der Waals surface area contributed by atoms with Crippen LogP contribution in [-0.2, 0) is 28.5 Å². The van der Waals surface area contributed by atoms with Crippen molar-refractivity contribution in [1.29, 1.82) is 0 Å². The first kappa shape index (κ1) is 31.0. The third-order valence-electron chi connectivity index (χ3n) is 4.62. The van der Waals surface area contributed by atoms with Gasteiger partial charge in [-0.25, -0.2) is 0 Å². The lowest BCUT2D eigenvalue weighted by Gasteiger charge is -2.12. The predicted octanol–water partition coefficient (Wildman–Crippen LogP) is 6.20. The van der Waals surface area contributed by atoms with E-state index in [1.54, 1.807) is 14.2 Å². The first-order chi connectivity index (χ1) is 14.5. The molecule has 0 fully saturated rings. The van der Waals surface area contributed by atoms with E-state index in [0.717, 1.165) is 32.1 Å². The van der Waals surface area contributed by atoms with Crippen LogP contribution in [0.25, 0.3) is 0 Å². The van der Waals surface area contributed by atoms with Crippen molar-refractivity contribution in [3.63, 3.8) is 0 Å². The minimum atomic E-state index is -0.319. The van der Waals surface area contributed by atoms with Gasteiger partial charge in [-0.3, -0.25) is 9.59 Å². The van der Waals surface area contributed by atoms with Gasteiger partial charge < -0.3 is 18.9 Å². The van der Waals surface area contributed by atoms with E-state index in [-0.39, 0.29) is 31.1 Å². The average Bonchev–Trinajstić information content (AvgIpc) is 2.75. The number of esters is 2. The van der Waals surface area contributed by atoms with Crippen molar-refractivity contribution >= 4 is 11.9 Å². The summed E-state index contributed by atoms with van der Waals surface area (Å²) in [4.78, 5) is 22.2. The van der Waals surface area contributed by atoms with Crippen LogP contribution in [0.4, 0.5) is 0 Å². The van der Waals surface area contributed by atoms with E-state index >= 15 is 0 Å². The van der Waals surface area contributed by atoms with Gasteiger partial charge in [-0.05, 0) is 25.7 Å². The lowest BCUT2D eigenvalue weighted by atomic mass is 10.1. The smallest absolute Gasteiger partial charge is 0.306 e. The molecule has 0 atom stereocenters. The Balaban J connectivity index is 0. The quantitative estimate of drug-likeness (QED) is 0.137. The van der Waals surface area contributed by atoms with Crippen molar-refractivity contribution in [2.45, 2.75) is 117 Å². The molecule has 0 aliphatic heterocycles. The molecular formula is C24H48O6. The highest BCUT2D eigenvalue weighted by Crippen LogP contribution is 2.10. The second-order valence-corrected chi connectivity index (χ2v) is 7.46. The summed E-state index contributed by atoms with van der Waals surface area (Å²) in [6.07, 6.45) is 14.4. The Kier molecular flexibility index (Phi) is 26.8. The van der Waals surface area contributed by atoms with Gasteiger partial charge >= 0.3 is 11.9 Å². The normalized spacial score (nSPS) is 10.5. The maximum atomic E-state index is 11.1. The molecule has 0 rings (SSSR count). The molecule has 0 radical (unpaired) electrons. The zero-order valence-electron chi connectivity index (χ0n) is 20.3. The molecule has 6 heteroatoms. The molecule has 0 heterocycles. The highest BCUT2D eigenvalue weighted by Gasteiger charge is 2.08. The first-order valence-electron chi connectivity index (χ1n) is 11.9. The van der Waals surface area contributed by atoms with Crippen LogP contribution in [0, 0.1) is 0 Å². The fourth-order valence-electron chi connectivity index (χ4n) is 2.61. The summed E-state index contributed by atoms with van der Waals surface area (Å²) in [5.74, 6) is -0.637. The number of methoxy groups -OCH3 is 2. The van der Waals surface area contributed by atoms with E-state index in [2.05, 4.69) is 6.92 Å². The van der Waals surface area contributed by atoms with Gasteiger partial charge in [0.15, 0.2) is 6.29 Å². The largest absolute Gasteiger partial charge is 0.466 e. The number of ether oxygens (including phenoxy) is 4. The second kappa shape index (κ2) is 25.9. The third-order valence-corrected chi connectivity index (χ3v) is 4.62. The minimum absolute atomic E-state index is 0.00522. The third kappa shape index (κ3) is 24.9. The molecule has 0 spiro atoms. The molecule has 0 aromatic carbocycles. The van der Waals surface area contributed by atoms with Crippen molar-refractivity contribution in [2.24, 2.45) is 0 Å². The monoisotopic (exact) mass is 432 g/mol. The molecule has 0 bridgehead atoms. The molecule has 0 saturated carbocycles. The zero-order valence-corrected chi connectivity index (χ0v) is 20.3. The van der Waals surface area contributed by atoms with Crippen LogP contribution in [0.3, 0.4) is 0 Å². The SMILES string of the molecule is CCCCCCCCCC(OC)OC.CCCCOC(=O)CCC(=O)OCCCC. The average molecular weight is 433 g/mol. The van der Waals surface area contributed by atoms with Crippen LogP contribution in [0.5, 0.6) is 0 Å². The van der Waals surface area contributed by atoms with Crippen molar-refractivity contribution < 1.29 is 28.5 Å². The van der Waals surface area contributed by atoms with E-state index in [0.29, 0.717) is 13.2 Å². The van der Waals surface area contributed by atoms with Crippen LogP contribution >= 0.6 is 0 Å². The van der Waals surface area contributed by atoms with Gasteiger partial charge in [0.05, 0.1) is 26.1 Å². The summed E-state index contributed by atoms with van der Waals surface area (Å²) >= 11 is 0. The summed E-state index contributed by atoms with van der Waals surface area (Å²) < 4.78 is 20.1. The van der Waals surface area contributed by atoms with E-state index in [1.807, 2.05) is 13.8 Å². The number of unbranched alkanes of at least 4 members (excludes halogenated alkanes) is 8. The van der Waals surface area contributed by atoms with E-state index in [9.17, 15) is 9.59 Å². The number of carbonyl (C=O) groups is 2. The Morgan fingerprint density at radius 1 is 0.600 bits per heavy atom. The van der Waals surface area contributed by atoms with Crippen LogP contribution in [0.15, 0.2) is 0 Å². The van der Waals surface area contributed by atoms with Crippen molar-refractivity contribution in [3.05, 3.63) is 0 Å². The Labute approximate surface area is 185 Å². The maximum absolute atomic E-state index is 11.1. The molecule has 0 unspecified atom stereocenters. The molecule has 0 aliphatic rings. The molecule has 0 amide bonds. The molecular weight excluding hydrogens is 384 g/mol. The van der Waals surface area contributed by atoms with Crippen molar-refractivity contribution in [2.75, 3.05) is 27.4 Å². The van der Waals surface area contributed by atoms with Gasteiger partial charge in [0.25, 0.3) is 0 Å². The number of carbonyl (C=O) groups excluding carboxylic acids is 2. The second-order valence-electron chi connectivity index (χ2n) is 7.46. The summed E-state index contributed by atoms with van der Waals surface area (Å²) in [6.45, 7) is 7.19. The Hall–Kier alpha value is -1.14. The number of hydrogen-bond acceptors (Lipinski definition) is 6. The van der Waals surface area contributed by atoms with Gasteiger partial charge in [-0.1, -0.05) is 72.1 Å². The molecule has 0 aliphatic carbocycles. The first-order valence-corrected chi connectivity index (χ1v) is 11.9. The highest BCUT2D eigenvalue weighted by molar-refractivity contribution is 5.77. The lowest BCUT2D eigenvalue weighted by Crippen LogP contribution is -2.12. The molecule has 0 N–H and O–H groups in total. The summed E-state index contributed by atoms with van der Waals surface area (Å²) in [7, 11) is 3.41. The van der Waals surface area contributed by atoms with E-state index in [4.69, 9.17) is 18.9 Å². The fourth-order valence-corrected chi connectivity index (χ4v) is 2.61. The minimum Gasteiger partial charge on any atom is -0.466 e. The summed E-state index contributed by atoms with van der Waals surface area (Å²) in [5, 5.41) is 0. The molecule has 0 aromatic rings. The van der Waals surface area contributed by atoms with Crippen LogP contribution in [0.1, 0.15) is 111 Å². The fraction of sp³-hybridized carbons (Fsp3) is 0.917. The molecule has 6 nitrogen and oxygen atoms in total. The van der Waals surface area contributed by atoms with Gasteiger partial charge in [0, 0.05) is 14.2 Å².